The number of amides is 1. The molecule has 1 aliphatic rings. The molecule has 1 saturated heterocycles. The fraction of sp³-hybridized carbons (Fsp3) is 0.476. The fourth-order valence-electron chi connectivity index (χ4n) is 3.74. The molecule has 1 fully saturated rings. The Bertz CT molecular complexity index is 760. The Hall–Kier alpha value is -2.14. The number of nitrogens with one attached hydrogen (secondary N) is 1. The molecule has 1 amide bonds. The lowest BCUT2D eigenvalue weighted by molar-refractivity contribution is 0.0923. The maximum absolute atomic E-state index is 13.3. The highest BCUT2D eigenvalue weighted by Crippen LogP contribution is 2.25. The van der Waals surface area contributed by atoms with E-state index in [1.807, 2.05) is 43.7 Å². The van der Waals surface area contributed by atoms with Gasteiger partial charge < -0.3 is 9.88 Å². The molecule has 0 spiro atoms. The van der Waals surface area contributed by atoms with E-state index in [1.54, 1.807) is 0 Å². The van der Waals surface area contributed by atoms with Gasteiger partial charge in [-0.05, 0) is 63.5 Å². The van der Waals surface area contributed by atoms with Crippen LogP contribution in [-0.4, -0.2) is 35.0 Å². The number of benzene rings is 1. The van der Waals surface area contributed by atoms with Gasteiger partial charge in [0.15, 0.2) is 0 Å². The quantitative estimate of drug-likeness (QED) is 0.885. The fourth-order valence-corrected chi connectivity index (χ4v) is 3.74. The van der Waals surface area contributed by atoms with Crippen molar-refractivity contribution >= 4 is 5.91 Å². The minimum absolute atomic E-state index is 0.0460. The van der Waals surface area contributed by atoms with Gasteiger partial charge in [0, 0.05) is 25.0 Å². The van der Waals surface area contributed by atoms with Crippen LogP contribution in [0.15, 0.2) is 30.3 Å². The minimum Gasteiger partial charge on any atom is -0.351 e. The summed E-state index contributed by atoms with van der Waals surface area (Å²) in [6, 6.07) is 8.66. The first-order chi connectivity index (χ1) is 12.5. The Morgan fingerprint density at radius 1 is 1.15 bits per heavy atom. The van der Waals surface area contributed by atoms with E-state index in [4.69, 9.17) is 0 Å². The zero-order valence-corrected chi connectivity index (χ0v) is 15.9. The van der Waals surface area contributed by atoms with Gasteiger partial charge in [0.1, 0.15) is 5.82 Å². The third-order valence-electron chi connectivity index (χ3n) is 5.56. The van der Waals surface area contributed by atoms with Crippen LogP contribution in [0.3, 0.4) is 0 Å². The summed E-state index contributed by atoms with van der Waals surface area (Å²) in [7, 11) is 1.97. The van der Waals surface area contributed by atoms with Gasteiger partial charge in [-0.2, -0.15) is 0 Å². The maximum atomic E-state index is 13.3. The van der Waals surface area contributed by atoms with Crippen LogP contribution in [0.5, 0.6) is 0 Å². The molecule has 26 heavy (non-hydrogen) atoms. The molecule has 140 valence electrons. The Balaban J connectivity index is 1.75. The van der Waals surface area contributed by atoms with Gasteiger partial charge in [-0.25, -0.2) is 4.39 Å². The van der Waals surface area contributed by atoms with Crippen molar-refractivity contribution in [2.45, 2.75) is 39.2 Å². The first-order valence-corrected chi connectivity index (χ1v) is 9.38. The number of carbonyl (C=O) groups is 1. The molecule has 1 aromatic carbocycles. The first-order valence-electron chi connectivity index (χ1n) is 9.38. The van der Waals surface area contributed by atoms with E-state index in [0.29, 0.717) is 6.54 Å². The number of likely N-dealkylation sites (tertiary alicyclic amines) is 1. The highest BCUT2D eigenvalue weighted by molar-refractivity contribution is 5.95. The van der Waals surface area contributed by atoms with Crippen LogP contribution >= 0.6 is 0 Å². The highest BCUT2D eigenvalue weighted by Gasteiger charge is 2.24. The third kappa shape index (κ3) is 3.98. The number of rotatable bonds is 5. The molecule has 4 nitrogen and oxygen atoms in total. The summed E-state index contributed by atoms with van der Waals surface area (Å²) in [5, 5.41) is 3.10. The van der Waals surface area contributed by atoms with E-state index in [0.717, 1.165) is 35.6 Å². The second-order valence-corrected chi connectivity index (χ2v) is 7.22. The molecule has 0 unspecified atom stereocenters. The summed E-state index contributed by atoms with van der Waals surface area (Å²) in [6.07, 6.45) is 3.59. The number of halogens is 1. The molecule has 0 saturated carbocycles. The van der Waals surface area contributed by atoms with Crippen molar-refractivity contribution in [3.05, 3.63) is 58.7 Å². The number of carbonyl (C=O) groups excluding carboxylic acids is 1. The van der Waals surface area contributed by atoms with Crippen molar-refractivity contribution in [3.63, 3.8) is 0 Å². The van der Waals surface area contributed by atoms with Crippen LogP contribution in [0.2, 0.25) is 0 Å². The van der Waals surface area contributed by atoms with Crippen LogP contribution in [0.1, 0.15) is 52.6 Å². The number of nitrogens with zero attached hydrogens (tertiary/aromatic N) is 2. The standard InChI is InChI=1S/C21H28FN3O/c1-15-13-19(16(2)24(15)3)21(26)23-14-20(25-11-5-4-6-12-25)17-7-9-18(22)10-8-17/h7-10,13,20H,4-6,11-12,14H2,1-3H3,(H,23,26)/t20-/m1/s1. The topological polar surface area (TPSA) is 37.3 Å². The average molecular weight is 357 g/mol. The first kappa shape index (κ1) is 18.6. The molecular formula is C21H28FN3O. The third-order valence-corrected chi connectivity index (χ3v) is 5.56. The van der Waals surface area contributed by atoms with Crippen LogP contribution in [0, 0.1) is 19.7 Å². The second kappa shape index (κ2) is 8.04. The molecule has 5 heteroatoms. The monoisotopic (exact) mass is 357 g/mol. The summed E-state index contributed by atoms with van der Waals surface area (Å²) in [5.41, 5.74) is 3.81. The van der Waals surface area contributed by atoms with Crippen molar-refractivity contribution in [2.75, 3.05) is 19.6 Å². The van der Waals surface area contributed by atoms with Gasteiger partial charge in [-0.15, -0.1) is 0 Å². The normalized spacial score (nSPS) is 16.5. The van der Waals surface area contributed by atoms with Gasteiger partial charge in [0.2, 0.25) is 0 Å². The molecular weight excluding hydrogens is 329 g/mol. The molecule has 3 rings (SSSR count). The summed E-state index contributed by atoms with van der Waals surface area (Å²) >= 11 is 0. The molecule has 1 N–H and O–H groups in total. The van der Waals surface area contributed by atoms with Crippen LogP contribution in [0.4, 0.5) is 4.39 Å². The average Bonchev–Trinajstić information content (AvgIpc) is 2.91. The van der Waals surface area contributed by atoms with Gasteiger partial charge in [0.05, 0.1) is 11.6 Å². The van der Waals surface area contributed by atoms with Crippen molar-refractivity contribution in [1.29, 1.82) is 0 Å². The lowest BCUT2D eigenvalue weighted by atomic mass is 10.0. The molecule has 1 atom stereocenters. The molecule has 2 aromatic rings. The second-order valence-electron chi connectivity index (χ2n) is 7.22. The zero-order valence-electron chi connectivity index (χ0n) is 15.9. The molecule has 1 aliphatic heterocycles. The molecule has 2 heterocycles. The Morgan fingerprint density at radius 2 is 1.81 bits per heavy atom. The van der Waals surface area contributed by atoms with E-state index >= 15 is 0 Å². The predicted octanol–water partition coefficient (Wildman–Crippen LogP) is 3.74. The van der Waals surface area contributed by atoms with E-state index in [2.05, 4.69) is 10.2 Å². The number of aromatic nitrogens is 1. The largest absolute Gasteiger partial charge is 0.351 e. The summed E-state index contributed by atoms with van der Waals surface area (Å²) < 4.78 is 15.4. The molecule has 1 aromatic heterocycles. The SMILES string of the molecule is Cc1cc(C(=O)NC[C@H](c2ccc(F)cc2)N2CCCCC2)c(C)n1C. The van der Waals surface area contributed by atoms with Crippen molar-refractivity contribution in [1.82, 2.24) is 14.8 Å². The van der Waals surface area contributed by atoms with Crippen molar-refractivity contribution in [3.8, 4) is 0 Å². The number of aryl methyl sites for hydroxylation is 1. The molecule has 0 bridgehead atoms. The lowest BCUT2D eigenvalue weighted by Crippen LogP contribution is -2.40. The van der Waals surface area contributed by atoms with Crippen molar-refractivity contribution < 1.29 is 9.18 Å². The summed E-state index contributed by atoms with van der Waals surface area (Å²) in [5.74, 6) is -0.277. The van der Waals surface area contributed by atoms with Gasteiger partial charge in [-0.3, -0.25) is 9.69 Å². The number of piperidine rings is 1. The lowest BCUT2D eigenvalue weighted by Gasteiger charge is -2.35. The van der Waals surface area contributed by atoms with Gasteiger partial charge in [-0.1, -0.05) is 18.6 Å². The number of hydrogen-bond donors (Lipinski definition) is 1. The molecule has 0 aliphatic carbocycles. The van der Waals surface area contributed by atoms with E-state index in [9.17, 15) is 9.18 Å². The van der Waals surface area contributed by atoms with Gasteiger partial charge in [0.25, 0.3) is 5.91 Å². The highest BCUT2D eigenvalue weighted by atomic mass is 19.1. The Kier molecular flexibility index (Phi) is 5.77. The van der Waals surface area contributed by atoms with Crippen molar-refractivity contribution in [2.24, 2.45) is 7.05 Å². The van der Waals surface area contributed by atoms with Gasteiger partial charge >= 0.3 is 0 Å². The smallest absolute Gasteiger partial charge is 0.253 e. The minimum atomic E-state index is -0.231. The summed E-state index contributed by atoms with van der Waals surface area (Å²) in [6.45, 7) is 6.52. The maximum Gasteiger partial charge on any atom is 0.253 e. The zero-order chi connectivity index (χ0) is 18.7. The molecule has 0 radical (unpaired) electrons. The van der Waals surface area contributed by atoms with E-state index < -0.39 is 0 Å². The summed E-state index contributed by atoms with van der Waals surface area (Å²) in [4.78, 5) is 15.1. The van der Waals surface area contributed by atoms with E-state index in [-0.39, 0.29) is 17.8 Å². The van der Waals surface area contributed by atoms with Crippen LogP contribution in [0.25, 0.3) is 0 Å². The van der Waals surface area contributed by atoms with Crippen LogP contribution < -0.4 is 5.32 Å². The van der Waals surface area contributed by atoms with E-state index in [1.165, 1.54) is 31.4 Å². The Morgan fingerprint density at radius 3 is 2.38 bits per heavy atom. The Labute approximate surface area is 155 Å². The predicted molar refractivity (Wildman–Crippen MR) is 102 cm³/mol. The van der Waals surface area contributed by atoms with Crippen LogP contribution in [-0.2, 0) is 7.05 Å². The number of hydrogen-bond acceptors (Lipinski definition) is 2.